The Morgan fingerprint density at radius 2 is 0.617 bits per heavy atom. The van der Waals surface area contributed by atoms with E-state index in [1.807, 2.05) is 0 Å². The fourth-order valence-electron chi connectivity index (χ4n) is 16.5. The first-order valence-electron chi connectivity index (χ1n) is 23.1. The number of hydrogen-bond donors (Lipinski definition) is 0. The van der Waals surface area contributed by atoms with E-state index in [9.17, 15) is 0 Å². The number of nitrogens with zero attached hydrogens (tertiary/aromatic N) is 1. The molecule has 0 aromatic rings. The fraction of sp³-hybridized carbons (Fsp3) is 1.00. The van der Waals surface area contributed by atoms with Gasteiger partial charge in [-0.2, -0.15) is 0 Å². The topological polar surface area (TPSA) is 3.24 Å². The third-order valence-electron chi connectivity index (χ3n) is 18.5. The van der Waals surface area contributed by atoms with Crippen molar-refractivity contribution in [1.29, 1.82) is 0 Å². The maximum absolute atomic E-state index is 3.21. The lowest BCUT2D eigenvalue weighted by Crippen LogP contribution is -2.52. The average Bonchev–Trinajstić information content (AvgIpc) is 3.75. The van der Waals surface area contributed by atoms with Gasteiger partial charge in [-0.1, -0.05) is 77.0 Å². The molecule has 0 aliphatic heterocycles. The van der Waals surface area contributed by atoms with Crippen LogP contribution in [0.15, 0.2) is 0 Å². The summed E-state index contributed by atoms with van der Waals surface area (Å²) in [6.45, 7) is 0. The highest BCUT2D eigenvalue weighted by atomic mass is 15.2. The summed E-state index contributed by atoms with van der Waals surface area (Å²) in [5.41, 5.74) is 0. The quantitative estimate of drug-likeness (QED) is 0.278. The summed E-state index contributed by atoms with van der Waals surface area (Å²) in [6, 6.07) is 2.83. The van der Waals surface area contributed by atoms with Gasteiger partial charge in [-0.05, 0) is 193 Å². The van der Waals surface area contributed by atoms with E-state index < -0.39 is 0 Å². The first-order valence-corrected chi connectivity index (χ1v) is 23.1. The lowest BCUT2D eigenvalue weighted by atomic mass is 9.60. The van der Waals surface area contributed by atoms with E-state index in [-0.39, 0.29) is 0 Å². The molecule has 0 spiro atoms. The molecule has 0 radical (unpaired) electrons. The molecule has 8 unspecified atom stereocenters. The molecule has 0 amide bonds. The van der Waals surface area contributed by atoms with Gasteiger partial charge in [0.05, 0.1) is 0 Å². The first kappa shape index (κ1) is 32.8. The van der Waals surface area contributed by atoms with Gasteiger partial charge in [0.2, 0.25) is 0 Å². The number of hydrogen-bond acceptors (Lipinski definition) is 1. The smallest absolute Gasteiger partial charge is 0.0101 e. The van der Waals surface area contributed by atoms with Crippen LogP contribution in [0.4, 0.5) is 0 Å². The Morgan fingerprint density at radius 1 is 0.234 bits per heavy atom. The van der Waals surface area contributed by atoms with E-state index in [0.717, 1.165) is 89.1 Å². The highest BCUT2D eigenvalue weighted by Gasteiger charge is 2.53. The molecule has 0 N–H and O–H groups in total. The van der Waals surface area contributed by atoms with E-state index in [2.05, 4.69) is 4.90 Å². The van der Waals surface area contributed by atoms with E-state index in [1.54, 1.807) is 135 Å². The molecule has 9 aliphatic rings. The molecule has 9 fully saturated rings. The normalized spacial score (nSPS) is 48.6. The molecule has 1 nitrogen and oxygen atoms in total. The first-order chi connectivity index (χ1) is 23.3. The van der Waals surface area contributed by atoms with Crippen molar-refractivity contribution in [3.8, 4) is 0 Å². The van der Waals surface area contributed by atoms with Gasteiger partial charge in [-0.15, -0.1) is 0 Å². The molecule has 9 saturated carbocycles. The lowest BCUT2D eigenvalue weighted by molar-refractivity contribution is 0.00597. The second kappa shape index (κ2) is 14.9. The minimum atomic E-state index is 0.941. The summed E-state index contributed by atoms with van der Waals surface area (Å²) in [6.07, 6.45) is 48.9. The van der Waals surface area contributed by atoms with Crippen LogP contribution in [-0.2, 0) is 0 Å². The van der Waals surface area contributed by atoms with Crippen LogP contribution in [0.3, 0.4) is 0 Å². The van der Waals surface area contributed by atoms with Gasteiger partial charge in [0.25, 0.3) is 0 Å². The van der Waals surface area contributed by atoms with Gasteiger partial charge in [-0.3, -0.25) is 4.90 Å². The van der Waals surface area contributed by atoms with Crippen molar-refractivity contribution in [1.82, 2.24) is 4.90 Å². The van der Waals surface area contributed by atoms with Gasteiger partial charge in [0, 0.05) is 18.1 Å². The SMILES string of the molecule is C1CCC(N(C2CCCCC2)C2CCC(C3CCC(C4CCC5C(C4)CC4CCCC(C6CC7CCCCC7C6)C45)CC3)CC2)CC1. The molecule has 0 bridgehead atoms. The van der Waals surface area contributed by atoms with Crippen LogP contribution in [0.2, 0.25) is 0 Å². The van der Waals surface area contributed by atoms with E-state index >= 15 is 0 Å². The van der Waals surface area contributed by atoms with Crippen molar-refractivity contribution < 1.29 is 0 Å². The summed E-state index contributed by atoms with van der Waals surface area (Å²) in [5.74, 6) is 13.6. The number of rotatable bonds is 6. The molecule has 9 rings (SSSR count). The predicted molar refractivity (Wildman–Crippen MR) is 198 cm³/mol. The maximum atomic E-state index is 3.21. The van der Waals surface area contributed by atoms with E-state index in [1.165, 1.54) is 64.2 Å². The minimum Gasteiger partial charge on any atom is -0.294 e. The van der Waals surface area contributed by atoms with Gasteiger partial charge < -0.3 is 0 Å². The molecule has 9 aliphatic carbocycles. The van der Waals surface area contributed by atoms with Crippen LogP contribution >= 0.6 is 0 Å². The molecule has 8 atom stereocenters. The van der Waals surface area contributed by atoms with Gasteiger partial charge in [0.1, 0.15) is 0 Å². The zero-order chi connectivity index (χ0) is 31.2. The number of fused-ring (bicyclic) bond motifs is 4. The monoisotopic (exact) mass is 644 g/mol. The van der Waals surface area contributed by atoms with Gasteiger partial charge in [-0.25, -0.2) is 0 Å². The Hall–Kier alpha value is -0.0400. The molecule has 0 saturated heterocycles. The average molecular weight is 644 g/mol. The maximum Gasteiger partial charge on any atom is 0.0101 e. The second-order valence-electron chi connectivity index (χ2n) is 20.5. The van der Waals surface area contributed by atoms with Crippen molar-refractivity contribution in [2.75, 3.05) is 0 Å². The van der Waals surface area contributed by atoms with Crippen molar-refractivity contribution in [2.24, 2.45) is 71.0 Å². The molecular formula is C46H77N. The predicted octanol–water partition coefficient (Wildman–Crippen LogP) is 13.0. The highest BCUT2D eigenvalue weighted by Crippen LogP contribution is 2.62. The lowest BCUT2D eigenvalue weighted by Gasteiger charge is -2.49. The summed E-state index contributed by atoms with van der Waals surface area (Å²) >= 11 is 0. The third kappa shape index (κ3) is 6.84. The summed E-state index contributed by atoms with van der Waals surface area (Å²) in [7, 11) is 0. The molecule has 0 aromatic heterocycles. The summed E-state index contributed by atoms with van der Waals surface area (Å²) in [5, 5.41) is 0. The van der Waals surface area contributed by atoms with Crippen molar-refractivity contribution in [3.05, 3.63) is 0 Å². The Bertz CT molecular complexity index is 943. The zero-order valence-electron chi connectivity index (χ0n) is 31.0. The Morgan fingerprint density at radius 3 is 1.19 bits per heavy atom. The van der Waals surface area contributed by atoms with E-state index in [0.29, 0.717) is 0 Å². The molecule has 266 valence electrons. The van der Waals surface area contributed by atoms with Crippen molar-refractivity contribution >= 4 is 0 Å². The summed E-state index contributed by atoms with van der Waals surface area (Å²) in [4.78, 5) is 3.21. The van der Waals surface area contributed by atoms with Gasteiger partial charge >= 0.3 is 0 Å². The molecular weight excluding hydrogens is 567 g/mol. The van der Waals surface area contributed by atoms with Crippen LogP contribution in [0.5, 0.6) is 0 Å². The van der Waals surface area contributed by atoms with Crippen LogP contribution in [0.1, 0.15) is 199 Å². The molecule has 47 heavy (non-hydrogen) atoms. The molecule has 1 heteroatoms. The molecule has 0 heterocycles. The van der Waals surface area contributed by atoms with Crippen LogP contribution in [-0.4, -0.2) is 23.0 Å². The Labute approximate surface area is 292 Å². The zero-order valence-corrected chi connectivity index (χ0v) is 31.0. The minimum absolute atomic E-state index is 0.941. The Balaban J connectivity index is 0.759. The van der Waals surface area contributed by atoms with Crippen LogP contribution in [0, 0.1) is 71.0 Å². The Kier molecular flexibility index (Phi) is 10.4. The van der Waals surface area contributed by atoms with E-state index in [4.69, 9.17) is 0 Å². The fourth-order valence-corrected chi connectivity index (χ4v) is 16.5. The van der Waals surface area contributed by atoms with Crippen molar-refractivity contribution in [2.45, 2.75) is 217 Å². The third-order valence-corrected chi connectivity index (χ3v) is 18.5. The van der Waals surface area contributed by atoms with Crippen LogP contribution in [0.25, 0.3) is 0 Å². The summed E-state index contributed by atoms with van der Waals surface area (Å²) < 4.78 is 0. The highest BCUT2D eigenvalue weighted by molar-refractivity contribution is 5.03. The molecule has 0 aromatic carbocycles. The largest absolute Gasteiger partial charge is 0.294 e. The standard InChI is InChI=1S/C46H77N/c1-3-13-41(14-4-1)47(42-15-5-2-6-16-42)43-25-22-33(23-26-43)32-18-20-34(21-19-32)37-24-27-45-40(30-37)31-38-12-9-17-44(46(38)45)39-28-35-10-7-8-11-36(35)29-39/h32-46H,1-31H2. The second-order valence-corrected chi connectivity index (χ2v) is 20.5. The van der Waals surface area contributed by atoms with Crippen molar-refractivity contribution in [3.63, 3.8) is 0 Å². The van der Waals surface area contributed by atoms with Crippen LogP contribution < -0.4 is 0 Å². The van der Waals surface area contributed by atoms with Gasteiger partial charge in [0.15, 0.2) is 0 Å².